The number of carboxylic acid groups (broad SMARTS) is 1. The summed E-state index contributed by atoms with van der Waals surface area (Å²) < 4.78 is 11.4. The van der Waals surface area contributed by atoms with E-state index in [1.165, 1.54) is 36.4 Å². The zero-order valence-electron chi connectivity index (χ0n) is 21.3. The molecule has 0 aliphatic heterocycles. The van der Waals surface area contributed by atoms with Crippen molar-refractivity contribution in [3.8, 4) is 23.0 Å². The normalized spacial score (nSPS) is 10.6. The number of benzene rings is 4. The van der Waals surface area contributed by atoms with E-state index in [-0.39, 0.29) is 64.5 Å². The summed E-state index contributed by atoms with van der Waals surface area (Å²) in [7, 11) is 0. The molecular formula is C32H26O8. The molecular weight excluding hydrogens is 512 g/mol. The Kier molecular flexibility index (Phi) is 8.61. The van der Waals surface area contributed by atoms with Gasteiger partial charge in [-0.3, -0.25) is 9.59 Å². The summed E-state index contributed by atoms with van der Waals surface area (Å²) in [4.78, 5) is 36.9. The Balaban J connectivity index is 1.42. The van der Waals surface area contributed by atoms with Crippen LogP contribution < -0.4 is 9.47 Å². The average Bonchev–Trinajstić information content (AvgIpc) is 2.97. The molecule has 4 aromatic rings. The number of hydrogen-bond acceptors (Lipinski definition) is 7. The topological polar surface area (TPSA) is 130 Å². The number of carboxylic acids is 1. The molecule has 8 nitrogen and oxygen atoms in total. The van der Waals surface area contributed by atoms with Crippen molar-refractivity contribution in [3.05, 3.63) is 131 Å². The van der Waals surface area contributed by atoms with Crippen molar-refractivity contribution in [1.29, 1.82) is 0 Å². The highest BCUT2D eigenvalue weighted by atomic mass is 16.5. The Morgan fingerprint density at radius 2 is 1.05 bits per heavy atom. The van der Waals surface area contributed by atoms with Crippen LogP contribution in [0.15, 0.2) is 109 Å². The van der Waals surface area contributed by atoms with Crippen LogP contribution in [0.2, 0.25) is 0 Å². The Morgan fingerprint density at radius 3 is 1.40 bits per heavy atom. The number of phenolic OH excluding ortho intramolecular Hbond substituents is 2. The van der Waals surface area contributed by atoms with Gasteiger partial charge in [0.25, 0.3) is 0 Å². The van der Waals surface area contributed by atoms with Gasteiger partial charge in [0.2, 0.25) is 0 Å². The SMILES string of the molecule is C=C(C(=O)O)C(COc1ccc(C(=O)c2ccccc2)c(O)c1)COc1ccc(C(=O)c2ccccc2)c(O)c1. The molecule has 3 N–H and O–H groups in total. The van der Waals surface area contributed by atoms with Crippen LogP contribution in [0.3, 0.4) is 0 Å². The molecule has 202 valence electrons. The smallest absolute Gasteiger partial charge is 0.331 e. The first kappa shape index (κ1) is 27.7. The molecule has 0 saturated heterocycles. The van der Waals surface area contributed by atoms with Crippen molar-refractivity contribution in [2.24, 2.45) is 5.92 Å². The maximum atomic E-state index is 12.7. The van der Waals surface area contributed by atoms with E-state index in [4.69, 9.17) is 9.47 Å². The zero-order chi connectivity index (χ0) is 28.6. The maximum absolute atomic E-state index is 12.7. The van der Waals surface area contributed by atoms with Crippen molar-refractivity contribution >= 4 is 17.5 Å². The summed E-state index contributed by atoms with van der Waals surface area (Å²) in [6, 6.07) is 25.4. The van der Waals surface area contributed by atoms with Gasteiger partial charge in [-0.15, -0.1) is 0 Å². The highest BCUT2D eigenvalue weighted by Gasteiger charge is 2.22. The van der Waals surface area contributed by atoms with E-state index in [1.807, 2.05) is 0 Å². The van der Waals surface area contributed by atoms with E-state index in [2.05, 4.69) is 6.58 Å². The van der Waals surface area contributed by atoms with E-state index in [9.17, 15) is 29.7 Å². The fourth-order valence-corrected chi connectivity index (χ4v) is 3.89. The number of aliphatic carboxylic acids is 1. The van der Waals surface area contributed by atoms with Crippen LogP contribution in [-0.2, 0) is 4.79 Å². The number of ketones is 2. The third-order valence-corrected chi connectivity index (χ3v) is 6.17. The van der Waals surface area contributed by atoms with Crippen LogP contribution in [0.5, 0.6) is 23.0 Å². The first-order valence-electron chi connectivity index (χ1n) is 12.3. The zero-order valence-corrected chi connectivity index (χ0v) is 21.3. The van der Waals surface area contributed by atoms with Gasteiger partial charge in [0.1, 0.15) is 23.0 Å². The lowest BCUT2D eigenvalue weighted by molar-refractivity contribution is -0.133. The van der Waals surface area contributed by atoms with Crippen molar-refractivity contribution < 1.29 is 39.2 Å². The molecule has 0 amide bonds. The molecule has 0 aromatic heterocycles. The summed E-state index contributed by atoms with van der Waals surface area (Å²) in [6.07, 6.45) is 0. The summed E-state index contributed by atoms with van der Waals surface area (Å²) in [5.74, 6) is -2.88. The molecule has 4 rings (SSSR count). The number of hydrogen-bond donors (Lipinski definition) is 3. The lowest BCUT2D eigenvalue weighted by atomic mass is 10.0. The Labute approximate surface area is 230 Å². The van der Waals surface area contributed by atoms with Gasteiger partial charge in [-0.2, -0.15) is 0 Å². The average molecular weight is 539 g/mol. The maximum Gasteiger partial charge on any atom is 0.331 e. The summed E-state index contributed by atoms with van der Waals surface area (Å²) in [6.45, 7) is 3.29. The second-order valence-corrected chi connectivity index (χ2v) is 8.90. The molecule has 0 radical (unpaired) electrons. The molecule has 0 aliphatic carbocycles. The van der Waals surface area contributed by atoms with E-state index < -0.39 is 11.9 Å². The standard InChI is InChI=1S/C32H26O8/c1-20(32(37)38)23(18-39-24-12-14-26(28(33)16-24)30(35)21-8-4-2-5-9-21)19-40-25-13-15-27(29(34)17-25)31(36)22-10-6-3-7-11-22/h2-17,23,33-34H,1,18-19H2,(H,37,38). The third kappa shape index (κ3) is 6.54. The number of aromatic hydroxyl groups is 2. The van der Waals surface area contributed by atoms with E-state index in [0.29, 0.717) is 11.1 Å². The van der Waals surface area contributed by atoms with Gasteiger partial charge in [-0.05, 0) is 24.3 Å². The molecule has 4 aromatic carbocycles. The summed E-state index contributed by atoms with van der Waals surface area (Å²) in [5, 5.41) is 30.3. The molecule has 0 saturated carbocycles. The van der Waals surface area contributed by atoms with Crippen molar-refractivity contribution in [1.82, 2.24) is 0 Å². The second kappa shape index (κ2) is 12.4. The minimum Gasteiger partial charge on any atom is -0.507 e. The quantitative estimate of drug-likeness (QED) is 0.164. The fourth-order valence-electron chi connectivity index (χ4n) is 3.89. The Hall–Kier alpha value is -5.37. The predicted octanol–water partition coefficient (Wildman–Crippen LogP) is 5.27. The van der Waals surface area contributed by atoms with Crippen LogP contribution in [0, 0.1) is 5.92 Å². The number of ether oxygens (including phenoxy) is 2. The summed E-state index contributed by atoms with van der Waals surface area (Å²) >= 11 is 0. The molecule has 0 aliphatic rings. The number of carbonyl (C=O) groups is 3. The second-order valence-electron chi connectivity index (χ2n) is 8.90. The molecule has 8 heteroatoms. The first-order valence-corrected chi connectivity index (χ1v) is 12.3. The number of carbonyl (C=O) groups excluding carboxylic acids is 2. The van der Waals surface area contributed by atoms with Crippen molar-refractivity contribution in [2.75, 3.05) is 13.2 Å². The molecule has 0 bridgehead atoms. The van der Waals surface area contributed by atoms with E-state index in [1.54, 1.807) is 60.7 Å². The number of phenols is 2. The minimum atomic E-state index is -1.24. The highest BCUT2D eigenvalue weighted by Crippen LogP contribution is 2.28. The minimum absolute atomic E-state index is 0.0994. The van der Waals surface area contributed by atoms with E-state index >= 15 is 0 Å². The van der Waals surface area contributed by atoms with Crippen molar-refractivity contribution in [2.45, 2.75) is 0 Å². The molecule has 40 heavy (non-hydrogen) atoms. The van der Waals surface area contributed by atoms with Crippen LogP contribution >= 0.6 is 0 Å². The predicted molar refractivity (Wildman–Crippen MR) is 147 cm³/mol. The lowest BCUT2D eigenvalue weighted by Gasteiger charge is -2.19. The van der Waals surface area contributed by atoms with E-state index in [0.717, 1.165) is 0 Å². The van der Waals surface area contributed by atoms with Gasteiger partial charge < -0.3 is 24.8 Å². The monoisotopic (exact) mass is 538 g/mol. The van der Waals surface area contributed by atoms with Crippen LogP contribution in [0.1, 0.15) is 31.8 Å². The largest absolute Gasteiger partial charge is 0.507 e. The number of rotatable bonds is 12. The highest BCUT2D eigenvalue weighted by molar-refractivity contribution is 6.11. The Bertz CT molecular complexity index is 1440. The van der Waals surface area contributed by atoms with Gasteiger partial charge in [-0.1, -0.05) is 67.2 Å². The Morgan fingerprint density at radius 1 is 0.650 bits per heavy atom. The molecule has 0 spiro atoms. The molecule has 0 atom stereocenters. The van der Waals surface area contributed by atoms with Crippen LogP contribution in [0.25, 0.3) is 0 Å². The van der Waals surface area contributed by atoms with Gasteiger partial charge in [-0.25, -0.2) is 4.79 Å². The fraction of sp³-hybridized carbons (Fsp3) is 0.0938. The van der Waals surface area contributed by atoms with Crippen LogP contribution in [0.4, 0.5) is 0 Å². The molecule has 0 unspecified atom stereocenters. The van der Waals surface area contributed by atoms with Crippen LogP contribution in [-0.4, -0.2) is 46.1 Å². The summed E-state index contributed by atoms with van der Waals surface area (Å²) in [5.41, 5.74) is 0.875. The first-order chi connectivity index (χ1) is 19.2. The van der Waals surface area contributed by atoms with Gasteiger partial charge in [0.15, 0.2) is 11.6 Å². The molecule has 0 heterocycles. The lowest BCUT2D eigenvalue weighted by Crippen LogP contribution is -2.25. The molecule has 0 fully saturated rings. The van der Waals surface area contributed by atoms with Gasteiger partial charge in [0.05, 0.1) is 30.3 Å². The van der Waals surface area contributed by atoms with Gasteiger partial charge >= 0.3 is 5.97 Å². The van der Waals surface area contributed by atoms with Crippen molar-refractivity contribution in [3.63, 3.8) is 0 Å². The third-order valence-electron chi connectivity index (χ3n) is 6.17. The van der Waals surface area contributed by atoms with Gasteiger partial charge in [0, 0.05) is 28.8 Å².